The zero-order valence-corrected chi connectivity index (χ0v) is 7.21. The van der Waals surface area contributed by atoms with E-state index in [0.717, 1.165) is 12.8 Å². The van der Waals surface area contributed by atoms with E-state index in [1.54, 1.807) is 6.08 Å². The molecule has 0 aromatic rings. The standard InChI is InChI=1S/C9H16O2/c1-3-5-8(2)6-4-7-9(10)11/h4,6,8H,3,5,7H2,1-2H3,(H,10,11)/b6-4+. The molecule has 0 saturated carbocycles. The Morgan fingerprint density at radius 1 is 1.64 bits per heavy atom. The smallest absolute Gasteiger partial charge is 0.307 e. The molecule has 2 heteroatoms. The summed E-state index contributed by atoms with van der Waals surface area (Å²) in [6.45, 7) is 4.23. The predicted molar refractivity (Wildman–Crippen MR) is 45.5 cm³/mol. The molecule has 0 heterocycles. The van der Waals surface area contributed by atoms with E-state index in [0.29, 0.717) is 5.92 Å². The van der Waals surface area contributed by atoms with Gasteiger partial charge in [-0.15, -0.1) is 0 Å². The van der Waals surface area contributed by atoms with Crippen LogP contribution >= 0.6 is 0 Å². The van der Waals surface area contributed by atoms with Crippen molar-refractivity contribution in [1.82, 2.24) is 0 Å². The first-order valence-electron chi connectivity index (χ1n) is 4.05. The van der Waals surface area contributed by atoms with E-state index in [2.05, 4.69) is 13.8 Å². The molecule has 1 unspecified atom stereocenters. The van der Waals surface area contributed by atoms with Gasteiger partial charge in [-0.05, 0) is 12.3 Å². The van der Waals surface area contributed by atoms with Gasteiger partial charge in [-0.1, -0.05) is 32.4 Å². The number of carboxylic acid groups (broad SMARTS) is 1. The minimum absolute atomic E-state index is 0.147. The average Bonchev–Trinajstić information content (AvgIpc) is 1.87. The summed E-state index contributed by atoms with van der Waals surface area (Å²) in [5, 5.41) is 8.31. The molecule has 0 aliphatic carbocycles. The molecule has 1 N–H and O–H groups in total. The van der Waals surface area contributed by atoms with Crippen LogP contribution in [0.3, 0.4) is 0 Å². The quantitative estimate of drug-likeness (QED) is 0.621. The molecule has 0 fully saturated rings. The molecule has 0 aliphatic heterocycles. The lowest BCUT2D eigenvalue weighted by molar-refractivity contribution is -0.136. The van der Waals surface area contributed by atoms with Crippen molar-refractivity contribution in [3.05, 3.63) is 12.2 Å². The van der Waals surface area contributed by atoms with Crippen molar-refractivity contribution in [3.63, 3.8) is 0 Å². The number of allylic oxidation sites excluding steroid dienone is 1. The van der Waals surface area contributed by atoms with E-state index in [-0.39, 0.29) is 6.42 Å². The molecular weight excluding hydrogens is 140 g/mol. The Hall–Kier alpha value is -0.790. The molecule has 0 aliphatic rings. The Kier molecular flexibility index (Phi) is 5.53. The van der Waals surface area contributed by atoms with Crippen LogP contribution in [0.15, 0.2) is 12.2 Å². The Balaban J connectivity index is 3.47. The van der Waals surface area contributed by atoms with Crippen LogP contribution < -0.4 is 0 Å². The Labute approximate surface area is 67.9 Å². The van der Waals surface area contributed by atoms with Crippen molar-refractivity contribution < 1.29 is 9.90 Å². The number of hydrogen-bond donors (Lipinski definition) is 1. The third-order valence-electron chi connectivity index (χ3n) is 1.50. The zero-order valence-electron chi connectivity index (χ0n) is 7.21. The van der Waals surface area contributed by atoms with Gasteiger partial charge < -0.3 is 5.11 Å². The van der Waals surface area contributed by atoms with Crippen LogP contribution in [-0.4, -0.2) is 11.1 Å². The van der Waals surface area contributed by atoms with E-state index in [9.17, 15) is 4.79 Å². The van der Waals surface area contributed by atoms with Crippen LogP contribution in [0.1, 0.15) is 33.1 Å². The summed E-state index contributed by atoms with van der Waals surface area (Å²) >= 11 is 0. The third-order valence-corrected chi connectivity index (χ3v) is 1.50. The number of aliphatic carboxylic acids is 1. The van der Waals surface area contributed by atoms with Crippen molar-refractivity contribution >= 4 is 5.97 Å². The predicted octanol–water partition coefficient (Wildman–Crippen LogP) is 2.45. The maximum atomic E-state index is 10.1. The fourth-order valence-electron chi connectivity index (χ4n) is 0.953. The second-order valence-electron chi connectivity index (χ2n) is 2.79. The van der Waals surface area contributed by atoms with Crippen LogP contribution in [0.25, 0.3) is 0 Å². The summed E-state index contributed by atoms with van der Waals surface area (Å²) in [4.78, 5) is 10.1. The summed E-state index contributed by atoms with van der Waals surface area (Å²) in [7, 11) is 0. The topological polar surface area (TPSA) is 37.3 Å². The van der Waals surface area contributed by atoms with E-state index in [1.165, 1.54) is 0 Å². The van der Waals surface area contributed by atoms with Gasteiger partial charge in [0.2, 0.25) is 0 Å². The summed E-state index contributed by atoms with van der Waals surface area (Å²) in [6.07, 6.45) is 6.13. The van der Waals surface area contributed by atoms with Crippen LogP contribution in [0.4, 0.5) is 0 Å². The van der Waals surface area contributed by atoms with Gasteiger partial charge in [0.1, 0.15) is 0 Å². The monoisotopic (exact) mass is 156 g/mol. The fourth-order valence-corrected chi connectivity index (χ4v) is 0.953. The minimum atomic E-state index is -0.759. The highest BCUT2D eigenvalue weighted by molar-refractivity contribution is 5.68. The molecule has 0 aromatic carbocycles. The minimum Gasteiger partial charge on any atom is -0.481 e. The van der Waals surface area contributed by atoms with E-state index >= 15 is 0 Å². The van der Waals surface area contributed by atoms with Gasteiger partial charge in [0.25, 0.3) is 0 Å². The Bertz CT molecular complexity index is 138. The Morgan fingerprint density at radius 2 is 2.27 bits per heavy atom. The normalized spacial score (nSPS) is 13.6. The van der Waals surface area contributed by atoms with Crippen LogP contribution in [0, 0.1) is 5.92 Å². The van der Waals surface area contributed by atoms with E-state index in [4.69, 9.17) is 5.11 Å². The van der Waals surface area contributed by atoms with Gasteiger partial charge in [-0.25, -0.2) is 0 Å². The van der Waals surface area contributed by atoms with Crippen molar-refractivity contribution in [2.75, 3.05) is 0 Å². The number of carboxylic acids is 1. The number of hydrogen-bond acceptors (Lipinski definition) is 1. The number of carbonyl (C=O) groups is 1. The lowest BCUT2D eigenvalue weighted by Gasteiger charge is -2.00. The molecule has 0 radical (unpaired) electrons. The van der Waals surface area contributed by atoms with Crippen molar-refractivity contribution in [1.29, 1.82) is 0 Å². The van der Waals surface area contributed by atoms with Crippen LogP contribution in [-0.2, 0) is 4.79 Å². The van der Waals surface area contributed by atoms with Gasteiger partial charge in [0, 0.05) is 0 Å². The van der Waals surface area contributed by atoms with Crippen LogP contribution in [0.2, 0.25) is 0 Å². The maximum absolute atomic E-state index is 10.1. The van der Waals surface area contributed by atoms with E-state index in [1.807, 2.05) is 6.08 Å². The lowest BCUT2D eigenvalue weighted by Crippen LogP contribution is -1.92. The highest BCUT2D eigenvalue weighted by Gasteiger charge is 1.94. The first-order valence-corrected chi connectivity index (χ1v) is 4.05. The highest BCUT2D eigenvalue weighted by atomic mass is 16.4. The fraction of sp³-hybridized carbons (Fsp3) is 0.667. The van der Waals surface area contributed by atoms with Crippen molar-refractivity contribution in [3.8, 4) is 0 Å². The first-order chi connectivity index (χ1) is 5.16. The third kappa shape index (κ3) is 7.10. The lowest BCUT2D eigenvalue weighted by atomic mass is 10.1. The zero-order chi connectivity index (χ0) is 8.69. The van der Waals surface area contributed by atoms with Gasteiger partial charge in [-0.3, -0.25) is 4.79 Å². The molecule has 0 aromatic heterocycles. The second-order valence-corrected chi connectivity index (χ2v) is 2.79. The molecule has 0 amide bonds. The molecule has 64 valence electrons. The SMILES string of the molecule is CCCC(C)/C=C/CC(=O)O. The maximum Gasteiger partial charge on any atom is 0.307 e. The molecule has 2 nitrogen and oxygen atoms in total. The summed E-state index contributed by atoms with van der Waals surface area (Å²) in [6, 6.07) is 0. The van der Waals surface area contributed by atoms with E-state index < -0.39 is 5.97 Å². The summed E-state index contributed by atoms with van der Waals surface area (Å²) in [5.74, 6) is -0.246. The summed E-state index contributed by atoms with van der Waals surface area (Å²) < 4.78 is 0. The Morgan fingerprint density at radius 3 is 2.73 bits per heavy atom. The number of rotatable bonds is 5. The van der Waals surface area contributed by atoms with Gasteiger partial charge in [-0.2, -0.15) is 0 Å². The molecule has 0 rings (SSSR count). The molecule has 0 saturated heterocycles. The van der Waals surface area contributed by atoms with Crippen LogP contribution in [0.5, 0.6) is 0 Å². The second kappa shape index (κ2) is 5.96. The average molecular weight is 156 g/mol. The van der Waals surface area contributed by atoms with Gasteiger partial charge in [0.15, 0.2) is 0 Å². The summed E-state index contributed by atoms with van der Waals surface area (Å²) in [5.41, 5.74) is 0. The molecular formula is C9H16O2. The van der Waals surface area contributed by atoms with Gasteiger partial charge in [0.05, 0.1) is 6.42 Å². The van der Waals surface area contributed by atoms with Crippen molar-refractivity contribution in [2.24, 2.45) is 5.92 Å². The highest BCUT2D eigenvalue weighted by Crippen LogP contribution is 2.06. The largest absolute Gasteiger partial charge is 0.481 e. The molecule has 0 spiro atoms. The molecule has 1 atom stereocenters. The first kappa shape index (κ1) is 10.2. The molecule has 0 bridgehead atoms. The molecule has 11 heavy (non-hydrogen) atoms. The van der Waals surface area contributed by atoms with Gasteiger partial charge >= 0.3 is 5.97 Å². The van der Waals surface area contributed by atoms with Crippen molar-refractivity contribution in [2.45, 2.75) is 33.1 Å².